The highest BCUT2D eigenvalue weighted by Crippen LogP contribution is 2.23. The number of imidazole rings is 1. The number of halogens is 1. The number of rotatable bonds is 5. The van der Waals surface area contributed by atoms with Crippen LogP contribution in [0.5, 0.6) is 0 Å². The van der Waals surface area contributed by atoms with Gasteiger partial charge in [0.25, 0.3) is 5.91 Å². The maximum absolute atomic E-state index is 13.8. The molecule has 1 aliphatic heterocycles. The van der Waals surface area contributed by atoms with Crippen LogP contribution in [0.1, 0.15) is 41.1 Å². The maximum atomic E-state index is 13.8. The fourth-order valence-corrected chi connectivity index (χ4v) is 3.40. The van der Waals surface area contributed by atoms with Gasteiger partial charge in [-0.25, -0.2) is 9.37 Å². The van der Waals surface area contributed by atoms with E-state index in [1.807, 2.05) is 35.7 Å². The zero-order chi connectivity index (χ0) is 20.4. The summed E-state index contributed by atoms with van der Waals surface area (Å²) in [7, 11) is 1.84. The summed E-state index contributed by atoms with van der Waals surface area (Å²) in [4.78, 5) is 17.3. The van der Waals surface area contributed by atoms with Crippen LogP contribution in [0, 0.1) is 5.82 Å². The number of nitrogens with zero attached hydrogens (tertiary/aromatic N) is 4. The highest BCUT2D eigenvalue weighted by Gasteiger charge is 2.22. The SMILES string of the molecule is CC1=NN(c2ccc(C(=O)NC(c3cccc(F)c3)c3nccn3C)cc2)CC1. The number of carbonyl (C=O) groups excluding carboxylic acids is 1. The number of hydrogen-bond acceptors (Lipinski definition) is 4. The topological polar surface area (TPSA) is 62.5 Å². The van der Waals surface area contributed by atoms with Gasteiger partial charge in [0, 0.05) is 43.7 Å². The van der Waals surface area contributed by atoms with Crippen molar-refractivity contribution in [2.24, 2.45) is 12.1 Å². The molecule has 7 heteroatoms. The number of amides is 1. The second kappa shape index (κ2) is 7.87. The Morgan fingerprint density at radius 3 is 2.62 bits per heavy atom. The smallest absolute Gasteiger partial charge is 0.252 e. The number of benzene rings is 2. The Bertz CT molecular complexity index is 1060. The first-order chi connectivity index (χ1) is 14.0. The molecule has 2 aromatic carbocycles. The Morgan fingerprint density at radius 2 is 2.00 bits per heavy atom. The first-order valence-electron chi connectivity index (χ1n) is 9.46. The lowest BCUT2D eigenvalue weighted by Crippen LogP contribution is -2.31. The minimum absolute atomic E-state index is 0.255. The van der Waals surface area contributed by atoms with Crippen molar-refractivity contribution in [1.29, 1.82) is 0 Å². The molecule has 6 nitrogen and oxygen atoms in total. The predicted octanol–water partition coefficient (Wildman–Crippen LogP) is 3.66. The average molecular weight is 391 g/mol. The summed E-state index contributed by atoms with van der Waals surface area (Å²) in [5.41, 5.74) is 3.19. The number of nitrogens with one attached hydrogen (secondary N) is 1. The standard InChI is InChI=1S/C22H22FN5O/c1-15-10-12-28(26-15)19-8-6-16(7-9-19)22(29)25-20(21-24-11-13-27(21)2)17-4-3-5-18(23)14-17/h3-9,11,13-14,20H,10,12H2,1-2H3,(H,25,29). The van der Waals surface area contributed by atoms with E-state index in [1.165, 1.54) is 12.1 Å². The van der Waals surface area contributed by atoms with Gasteiger partial charge in [0.15, 0.2) is 0 Å². The van der Waals surface area contributed by atoms with E-state index in [-0.39, 0.29) is 11.7 Å². The van der Waals surface area contributed by atoms with Crippen molar-refractivity contribution in [1.82, 2.24) is 14.9 Å². The minimum Gasteiger partial charge on any atom is -0.338 e. The van der Waals surface area contributed by atoms with Crippen LogP contribution in [0.4, 0.5) is 10.1 Å². The number of anilines is 1. The van der Waals surface area contributed by atoms with Crippen LogP contribution in [0.25, 0.3) is 0 Å². The molecule has 0 saturated carbocycles. The Morgan fingerprint density at radius 1 is 1.21 bits per heavy atom. The van der Waals surface area contributed by atoms with Crippen LogP contribution in [0.2, 0.25) is 0 Å². The third-order valence-electron chi connectivity index (χ3n) is 4.98. The van der Waals surface area contributed by atoms with Gasteiger partial charge in [0.1, 0.15) is 17.7 Å². The number of hydrogen-bond donors (Lipinski definition) is 1. The van der Waals surface area contributed by atoms with E-state index < -0.39 is 6.04 Å². The quantitative estimate of drug-likeness (QED) is 0.722. The molecule has 2 heterocycles. The van der Waals surface area contributed by atoms with Gasteiger partial charge in [-0.3, -0.25) is 9.80 Å². The van der Waals surface area contributed by atoms with Crippen LogP contribution in [0.3, 0.4) is 0 Å². The molecule has 1 atom stereocenters. The van der Waals surface area contributed by atoms with Crippen LogP contribution in [-0.4, -0.2) is 27.7 Å². The molecule has 3 aromatic rings. The molecule has 0 spiro atoms. The molecule has 148 valence electrons. The monoisotopic (exact) mass is 391 g/mol. The largest absolute Gasteiger partial charge is 0.338 e. The van der Waals surface area contributed by atoms with E-state index in [9.17, 15) is 9.18 Å². The first-order valence-corrected chi connectivity index (χ1v) is 9.46. The summed E-state index contributed by atoms with van der Waals surface area (Å²) in [6.45, 7) is 2.85. The lowest BCUT2D eigenvalue weighted by Gasteiger charge is -2.20. The lowest BCUT2D eigenvalue weighted by atomic mass is 10.0. The van der Waals surface area contributed by atoms with Gasteiger partial charge >= 0.3 is 0 Å². The van der Waals surface area contributed by atoms with Crippen molar-refractivity contribution in [2.45, 2.75) is 19.4 Å². The van der Waals surface area contributed by atoms with Gasteiger partial charge in [0.05, 0.1) is 5.69 Å². The molecule has 0 bridgehead atoms. The Labute approximate surface area is 168 Å². The summed E-state index contributed by atoms with van der Waals surface area (Å²) in [6, 6.07) is 12.9. The van der Waals surface area contributed by atoms with Crippen molar-refractivity contribution in [3.63, 3.8) is 0 Å². The maximum Gasteiger partial charge on any atom is 0.252 e. The number of aromatic nitrogens is 2. The van der Waals surface area contributed by atoms with Crippen molar-refractivity contribution in [2.75, 3.05) is 11.6 Å². The van der Waals surface area contributed by atoms with Gasteiger partial charge in [-0.15, -0.1) is 0 Å². The second-order valence-electron chi connectivity index (χ2n) is 7.11. The van der Waals surface area contributed by atoms with Crippen molar-refractivity contribution < 1.29 is 9.18 Å². The number of aryl methyl sites for hydroxylation is 1. The summed E-state index contributed by atoms with van der Waals surface area (Å²) >= 11 is 0. The highest BCUT2D eigenvalue weighted by atomic mass is 19.1. The molecular formula is C22H22FN5O. The molecule has 1 unspecified atom stereocenters. The van der Waals surface area contributed by atoms with E-state index in [0.717, 1.165) is 24.4 Å². The lowest BCUT2D eigenvalue weighted by molar-refractivity contribution is 0.0941. The highest BCUT2D eigenvalue weighted by molar-refractivity contribution is 5.95. The third kappa shape index (κ3) is 4.03. The predicted molar refractivity (Wildman–Crippen MR) is 110 cm³/mol. The number of hydrazone groups is 1. The third-order valence-corrected chi connectivity index (χ3v) is 4.98. The van der Waals surface area contributed by atoms with E-state index >= 15 is 0 Å². The van der Waals surface area contributed by atoms with Crippen LogP contribution in [0.15, 0.2) is 66.0 Å². The Kier molecular flexibility index (Phi) is 5.12. The van der Waals surface area contributed by atoms with Crippen molar-refractivity contribution in [3.05, 3.63) is 83.7 Å². The molecule has 29 heavy (non-hydrogen) atoms. The minimum atomic E-state index is -0.566. The summed E-state index contributed by atoms with van der Waals surface area (Å²) in [5.74, 6) is 0.0131. The van der Waals surface area contributed by atoms with Gasteiger partial charge in [-0.05, 0) is 48.9 Å². The van der Waals surface area contributed by atoms with Crippen molar-refractivity contribution >= 4 is 17.3 Å². The van der Waals surface area contributed by atoms with Crippen LogP contribution < -0.4 is 10.3 Å². The van der Waals surface area contributed by atoms with Crippen molar-refractivity contribution in [3.8, 4) is 0 Å². The number of carbonyl (C=O) groups is 1. The van der Waals surface area contributed by atoms with E-state index in [2.05, 4.69) is 15.4 Å². The molecule has 1 aromatic heterocycles. The van der Waals surface area contributed by atoms with Gasteiger partial charge in [0.2, 0.25) is 0 Å². The van der Waals surface area contributed by atoms with E-state index in [4.69, 9.17) is 0 Å². The molecule has 1 amide bonds. The van der Waals surface area contributed by atoms with Gasteiger partial charge in [-0.1, -0.05) is 12.1 Å². The van der Waals surface area contributed by atoms with E-state index in [0.29, 0.717) is 17.0 Å². The molecule has 0 saturated heterocycles. The Balaban J connectivity index is 1.57. The zero-order valence-corrected chi connectivity index (χ0v) is 16.3. The molecule has 0 fully saturated rings. The van der Waals surface area contributed by atoms with Crippen LogP contribution in [-0.2, 0) is 7.05 Å². The molecule has 1 aliphatic rings. The molecule has 0 aliphatic carbocycles. The van der Waals surface area contributed by atoms with Gasteiger partial charge in [-0.2, -0.15) is 5.10 Å². The Hall–Kier alpha value is -3.48. The van der Waals surface area contributed by atoms with E-state index in [1.54, 1.807) is 36.7 Å². The average Bonchev–Trinajstić information content (AvgIpc) is 3.34. The summed E-state index contributed by atoms with van der Waals surface area (Å²) < 4.78 is 15.6. The van der Waals surface area contributed by atoms with Gasteiger partial charge < -0.3 is 9.88 Å². The first kappa shape index (κ1) is 18.9. The fourth-order valence-electron chi connectivity index (χ4n) is 3.40. The van der Waals surface area contributed by atoms with Crippen LogP contribution >= 0.6 is 0 Å². The molecule has 1 N–H and O–H groups in total. The summed E-state index contributed by atoms with van der Waals surface area (Å²) in [5, 5.41) is 9.39. The summed E-state index contributed by atoms with van der Waals surface area (Å²) in [6.07, 6.45) is 4.39. The fraction of sp³-hybridized carbons (Fsp3) is 0.227. The zero-order valence-electron chi connectivity index (χ0n) is 16.3. The molecule has 4 rings (SSSR count). The normalized spacial score (nSPS) is 14.6. The second-order valence-corrected chi connectivity index (χ2v) is 7.11. The molecular weight excluding hydrogens is 369 g/mol. The molecule has 0 radical (unpaired) electrons.